The zero-order valence-corrected chi connectivity index (χ0v) is 22.4. The van der Waals surface area contributed by atoms with Crippen LogP contribution in [0.25, 0.3) is 0 Å². The van der Waals surface area contributed by atoms with Crippen molar-refractivity contribution in [2.75, 3.05) is 42.6 Å². The van der Waals surface area contributed by atoms with Crippen molar-refractivity contribution in [3.05, 3.63) is 99.5 Å². The molecular formula is C29H27N9O3. The lowest BCUT2D eigenvalue weighted by molar-refractivity contribution is 0.0745. The van der Waals surface area contributed by atoms with Crippen molar-refractivity contribution in [3.63, 3.8) is 0 Å². The summed E-state index contributed by atoms with van der Waals surface area (Å²) in [7, 11) is 0. The summed E-state index contributed by atoms with van der Waals surface area (Å²) in [5, 5.41) is 15.5. The van der Waals surface area contributed by atoms with E-state index in [-0.39, 0.29) is 17.5 Å². The van der Waals surface area contributed by atoms with Gasteiger partial charge in [0.1, 0.15) is 18.4 Å². The topological polar surface area (TPSA) is 144 Å². The van der Waals surface area contributed by atoms with Gasteiger partial charge in [0.15, 0.2) is 0 Å². The average molecular weight is 550 g/mol. The summed E-state index contributed by atoms with van der Waals surface area (Å²) < 4.78 is 6.21. The third-order valence-electron chi connectivity index (χ3n) is 7.50. The van der Waals surface area contributed by atoms with Crippen LogP contribution in [0.3, 0.4) is 0 Å². The van der Waals surface area contributed by atoms with E-state index in [9.17, 15) is 9.59 Å². The maximum atomic E-state index is 13.3. The Kier molecular flexibility index (Phi) is 6.99. The molecule has 1 fully saturated rings. The quantitative estimate of drug-likeness (QED) is 0.380. The maximum Gasteiger partial charge on any atom is 0.269 e. The summed E-state index contributed by atoms with van der Waals surface area (Å²) in [5.74, 6) is 0.911. The molecule has 1 saturated heterocycles. The Bertz CT molecular complexity index is 1670. The molecule has 0 saturated carbocycles. The number of H-pyrrole nitrogens is 1. The van der Waals surface area contributed by atoms with Crippen LogP contribution in [-0.2, 0) is 6.54 Å². The van der Waals surface area contributed by atoms with Crippen LogP contribution in [0.5, 0.6) is 5.75 Å². The molecule has 6 rings (SSSR count). The third kappa shape index (κ3) is 5.17. The van der Waals surface area contributed by atoms with Crippen LogP contribution in [0.4, 0.5) is 11.6 Å². The number of aromatic amines is 1. The lowest BCUT2D eigenvalue weighted by Gasteiger charge is -2.34. The van der Waals surface area contributed by atoms with E-state index in [1.807, 2.05) is 23.1 Å². The number of carbonyl (C=O) groups excluding carboxylic acids is 1. The van der Waals surface area contributed by atoms with Gasteiger partial charge in [-0.1, -0.05) is 24.3 Å². The largest absolute Gasteiger partial charge is 0.489 e. The first-order chi connectivity index (χ1) is 20.0. The van der Waals surface area contributed by atoms with Crippen molar-refractivity contribution in [3.8, 4) is 11.8 Å². The molecule has 2 aliphatic rings. The van der Waals surface area contributed by atoms with Crippen LogP contribution in [0.2, 0.25) is 0 Å². The smallest absolute Gasteiger partial charge is 0.269 e. The van der Waals surface area contributed by atoms with Gasteiger partial charge in [-0.15, -0.1) is 0 Å². The summed E-state index contributed by atoms with van der Waals surface area (Å²) in [5.41, 5.74) is 4.26. The first-order valence-electron chi connectivity index (χ1n) is 13.2. The molecular weight excluding hydrogens is 522 g/mol. The van der Waals surface area contributed by atoms with Gasteiger partial charge in [0.25, 0.3) is 11.5 Å². The van der Waals surface area contributed by atoms with Crippen molar-refractivity contribution in [2.24, 2.45) is 0 Å². The number of anilines is 2. The SMILES string of the molecule is Cc1c(N2Cc3ccccc3[C@H]2COc2cncc(C(=O)N3CCN(c4ncc(C#N)cn4)CC3)c2)cn[nH]c1=O. The zero-order valence-electron chi connectivity index (χ0n) is 22.4. The van der Waals surface area contributed by atoms with Crippen molar-refractivity contribution in [2.45, 2.75) is 19.5 Å². The first-order valence-corrected chi connectivity index (χ1v) is 13.2. The molecule has 1 aromatic carbocycles. The molecule has 0 spiro atoms. The van der Waals surface area contributed by atoms with Gasteiger partial charge in [0.2, 0.25) is 5.95 Å². The molecule has 0 bridgehead atoms. The number of benzene rings is 1. The highest BCUT2D eigenvalue weighted by atomic mass is 16.5. The predicted octanol–water partition coefficient (Wildman–Crippen LogP) is 2.24. The second-order valence-corrected chi connectivity index (χ2v) is 9.93. The Morgan fingerprint density at radius 3 is 2.66 bits per heavy atom. The number of aromatic nitrogens is 5. The molecule has 206 valence electrons. The molecule has 12 heteroatoms. The van der Waals surface area contributed by atoms with Crippen LogP contribution >= 0.6 is 0 Å². The van der Waals surface area contributed by atoms with Crippen LogP contribution in [0.15, 0.2) is 66.1 Å². The minimum absolute atomic E-state index is 0.124. The normalized spacial score (nSPS) is 16.3. The molecule has 5 heterocycles. The predicted molar refractivity (Wildman–Crippen MR) is 150 cm³/mol. The maximum absolute atomic E-state index is 13.3. The Morgan fingerprint density at radius 2 is 1.88 bits per heavy atom. The highest BCUT2D eigenvalue weighted by Gasteiger charge is 2.32. The summed E-state index contributed by atoms with van der Waals surface area (Å²) in [6.07, 6.45) is 7.82. The van der Waals surface area contributed by atoms with E-state index >= 15 is 0 Å². The van der Waals surface area contributed by atoms with Gasteiger partial charge in [-0.05, 0) is 24.1 Å². The molecule has 1 N–H and O–H groups in total. The van der Waals surface area contributed by atoms with Crippen LogP contribution in [-0.4, -0.2) is 68.7 Å². The fourth-order valence-electron chi connectivity index (χ4n) is 5.26. The first kappa shape index (κ1) is 25.9. The van der Waals surface area contributed by atoms with Crippen LogP contribution < -0.4 is 20.1 Å². The molecule has 0 radical (unpaired) electrons. The van der Waals surface area contributed by atoms with Gasteiger partial charge in [-0.25, -0.2) is 15.1 Å². The molecule has 4 aromatic rings. The molecule has 12 nitrogen and oxygen atoms in total. The number of nitrogens with zero attached hydrogens (tertiary/aromatic N) is 8. The number of amides is 1. The van der Waals surface area contributed by atoms with E-state index in [0.29, 0.717) is 67.7 Å². The second-order valence-electron chi connectivity index (χ2n) is 9.93. The molecule has 1 atom stereocenters. The molecule has 2 aliphatic heterocycles. The lowest BCUT2D eigenvalue weighted by atomic mass is 10.1. The Balaban J connectivity index is 1.13. The fourth-order valence-corrected chi connectivity index (χ4v) is 5.26. The fraction of sp³-hybridized carbons (Fsp3) is 0.276. The van der Waals surface area contributed by atoms with Crippen molar-refractivity contribution < 1.29 is 9.53 Å². The molecule has 0 unspecified atom stereocenters. The van der Waals surface area contributed by atoms with Gasteiger partial charge < -0.3 is 19.4 Å². The number of hydrogen-bond acceptors (Lipinski definition) is 10. The van der Waals surface area contributed by atoms with Gasteiger partial charge in [-0.2, -0.15) is 10.4 Å². The Hall–Kier alpha value is -5.31. The highest BCUT2D eigenvalue weighted by Crippen LogP contribution is 2.38. The molecule has 3 aromatic heterocycles. The number of nitrogens with one attached hydrogen (secondary N) is 1. The number of carbonyl (C=O) groups is 1. The standard InChI is InChI=1S/C29H27N9O3/c1-19-25(16-34-35-27(19)39)38-17-21-4-2-3-5-24(21)26(38)18-41-23-10-22(14-31-15-23)28(40)36-6-8-37(9-7-36)29-32-12-20(11-30)13-33-29/h2-5,10,12-16,26H,6-9,17-18H2,1H3,(H,35,39)/t26-/m1/s1. The van der Waals surface area contributed by atoms with Gasteiger partial charge in [-0.3, -0.25) is 14.6 Å². The summed E-state index contributed by atoms with van der Waals surface area (Å²) in [6, 6.07) is 11.7. The van der Waals surface area contributed by atoms with Gasteiger partial charge >= 0.3 is 0 Å². The number of ether oxygens (including phenoxy) is 1. The van der Waals surface area contributed by atoms with Crippen molar-refractivity contribution in [1.82, 2.24) is 30.0 Å². The molecule has 1 amide bonds. The number of rotatable bonds is 6. The van der Waals surface area contributed by atoms with E-state index in [1.165, 1.54) is 12.4 Å². The van der Waals surface area contributed by atoms with E-state index in [4.69, 9.17) is 10.00 Å². The number of piperazine rings is 1. The Morgan fingerprint density at radius 1 is 1.10 bits per heavy atom. The lowest BCUT2D eigenvalue weighted by Crippen LogP contribution is -2.49. The zero-order chi connectivity index (χ0) is 28.3. The van der Waals surface area contributed by atoms with E-state index in [0.717, 1.165) is 16.8 Å². The van der Waals surface area contributed by atoms with Gasteiger partial charge in [0, 0.05) is 44.5 Å². The highest BCUT2D eigenvalue weighted by molar-refractivity contribution is 5.94. The number of fused-ring (bicyclic) bond motifs is 1. The Labute approximate surface area is 235 Å². The minimum Gasteiger partial charge on any atom is -0.489 e. The molecule has 41 heavy (non-hydrogen) atoms. The van der Waals surface area contributed by atoms with E-state index in [2.05, 4.69) is 42.2 Å². The number of hydrogen-bond donors (Lipinski definition) is 1. The van der Waals surface area contributed by atoms with E-state index in [1.54, 1.807) is 36.5 Å². The van der Waals surface area contributed by atoms with Gasteiger partial charge in [0.05, 0.1) is 47.6 Å². The van der Waals surface area contributed by atoms with E-state index < -0.39 is 0 Å². The monoisotopic (exact) mass is 549 g/mol. The van der Waals surface area contributed by atoms with Crippen molar-refractivity contribution in [1.29, 1.82) is 5.26 Å². The average Bonchev–Trinajstić information content (AvgIpc) is 3.39. The van der Waals surface area contributed by atoms with Crippen LogP contribution in [0.1, 0.15) is 38.7 Å². The van der Waals surface area contributed by atoms with Crippen LogP contribution in [0, 0.1) is 18.3 Å². The number of pyridine rings is 1. The second kappa shape index (κ2) is 11.1. The number of nitriles is 1. The third-order valence-corrected chi connectivity index (χ3v) is 7.50. The van der Waals surface area contributed by atoms with Crippen molar-refractivity contribution >= 4 is 17.5 Å². The minimum atomic E-state index is -0.223. The summed E-state index contributed by atoms with van der Waals surface area (Å²) >= 11 is 0. The molecule has 0 aliphatic carbocycles. The summed E-state index contributed by atoms with van der Waals surface area (Å²) in [4.78, 5) is 44.2. The summed E-state index contributed by atoms with van der Waals surface area (Å²) in [6.45, 7) is 4.88.